The van der Waals surface area contributed by atoms with Crippen molar-refractivity contribution in [2.24, 2.45) is 0 Å². The summed E-state index contributed by atoms with van der Waals surface area (Å²) in [5.41, 5.74) is -0.216. The van der Waals surface area contributed by atoms with Crippen LogP contribution in [-0.4, -0.2) is 24.0 Å². The van der Waals surface area contributed by atoms with Gasteiger partial charge in [0.15, 0.2) is 0 Å². The van der Waals surface area contributed by atoms with Crippen molar-refractivity contribution in [1.29, 1.82) is 0 Å². The van der Waals surface area contributed by atoms with Crippen molar-refractivity contribution in [3.8, 4) is 0 Å². The predicted molar refractivity (Wildman–Crippen MR) is 85.5 cm³/mol. The summed E-state index contributed by atoms with van der Waals surface area (Å²) in [7, 11) is 0. The van der Waals surface area contributed by atoms with Gasteiger partial charge in [-0.25, -0.2) is 9.37 Å². The molecule has 1 amide bonds. The van der Waals surface area contributed by atoms with Crippen molar-refractivity contribution in [2.75, 3.05) is 18.4 Å². The van der Waals surface area contributed by atoms with E-state index in [0.29, 0.717) is 30.9 Å². The molecule has 0 radical (unpaired) electrons. The van der Waals surface area contributed by atoms with Gasteiger partial charge in [-0.2, -0.15) is 13.2 Å². The Morgan fingerprint density at radius 3 is 2.56 bits per heavy atom. The number of pyridine rings is 1. The molecule has 0 aliphatic heterocycles. The van der Waals surface area contributed by atoms with Crippen LogP contribution in [0.1, 0.15) is 17.5 Å². The zero-order valence-corrected chi connectivity index (χ0v) is 13.2. The molecule has 2 N–H and O–H groups in total. The number of alkyl halides is 3. The Balaban J connectivity index is 1.65. The summed E-state index contributed by atoms with van der Waals surface area (Å²) in [6.07, 6.45) is -2.98. The number of rotatable bonds is 7. The van der Waals surface area contributed by atoms with Crippen LogP contribution in [0.5, 0.6) is 0 Å². The van der Waals surface area contributed by atoms with Gasteiger partial charge in [-0.3, -0.25) is 4.79 Å². The van der Waals surface area contributed by atoms with Crippen LogP contribution in [0.15, 0.2) is 42.6 Å². The molecular weight excluding hydrogens is 338 g/mol. The number of hydrogen-bond acceptors (Lipinski definition) is 3. The lowest BCUT2D eigenvalue weighted by Gasteiger charge is -2.09. The second-order valence-corrected chi connectivity index (χ2v) is 5.37. The van der Waals surface area contributed by atoms with Gasteiger partial charge in [0, 0.05) is 19.3 Å². The second-order valence-electron chi connectivity index (χ2n) is 5.37. The molecule has 0 unspecified atom stereocenters. The predicted octanol–water partition coefficient (Wildman–Crippen LogP) is 3.40. The molecule has 2 rings (SSSR count). The minimum Gasteiger partial charge on any atom is -0.370 e. The number of carbonyl (C=O) groups excluding carboxylic acids is 1. The fourth-order valence-corrected chi connectivity index (χ4v) is 2.09. The van der Waals surface area contributed by atoms with Crippen LogP contribution in [0.25, 0.3) is 0 Å². The largest absolute Gasteiger partial charge is 0.417 e. The number of nitrogens with zero attached hydrogens (tertiary/aromatic N) is 1. The van der Waals surface area contributed by atoms with Crippen molar-refractivity contribution < 1.29 is 22.4 Å². The van der Waals surface area contributed by atoms with Crippen LogP contribution in [0.2, 0.25) is 0 Å². The number of carbonyl (C=O) groups is 1. The third-order valence-corrected chi connectivity index (χ3v) is 3.33. The van der Waals surface area contributed by atoms with E-state index in [1.807, 2.05) is 0 Å². The van der Waals surface area contributed by atoms with Crippen LogP contribution in [0.4, 0.5) is 23.4 Å². The van der Waals surface area contributed by atoms with Crippen molar-refractivity contribution >= 4 is 11.7 Å². The van der Waals surface area contributed by atoms with Gasteiger partial charge in [0.1, 0.15) is 11.6 Å². The maximum atomic E-state index is 13.0. The molecule has 134 valence electrons. The minimum absolute atomic E-state index is 0.0889. The highest BCUT2D eigenvalue weighted by Gasteiger charge is 2.30. The van der Waals surface area contributed by atoms with E-state index in [1.165, 1.54) is 18.2 Å². The highest BCUT2D eigenvalue weighted by molar-refractivity contribution is 5.78. The third kappa shape index (κ3) is 6.40. The lowest BCUT2D eigenvalue weighted by molar-refractivity contribution is -0.137. The average molecular weight is 355 g/mol. The molecule has 2 aromatic rings. The molecule has 1 aromatic carbocycles. The van der Waals surface area contributed by atoms with E-state index >= 15 is 0 Å². The van der Waals surface area contributed by atoms with Crippen molar-refractivity contribution in [3.63, 3.8) is 0 Å². The van der Waals surface area contributed by atoms with Crippen molar-refractivity contribution in [3.05, 3.63) is 59.5 Å². The Kier molecular flexibility index (Phi) is 6.32. The molecule has 1 aromatic heterocycles. The summed E-state index contributed by atoms with van der Waals surface area (Å²) in [6.45, 7) is 0.834. The molecule has 0 aliphatic rings. The number of benzene rings is 1. The molecule has 25 heavy (non-hydrogen) atoms. The van der Waals surface area contributed by atoms with Gasteiger partial charge < -0.3 is 10.6 Å². The third-order valence-electron chi connectivity index (χ3n) is 3.33. The van der Waals surface area contributed by atoms with E-state index in [1.54, 1.807) is 12.1 Å². The number of halogens is 4. The molecule has 8 heteroatoms. The number of aromatic nitrogens is 1. The first-order valence-electron chi connectivity index (χ1n) is 7.63. The standard InChI is InChI=1S/C17H17F4N3O/c18-14-4-1-3-12(9-14)10-16(25)23-8-2-7-22-15-6-5-13(11-24-15)17(19,20)21/h1,3-6,9,11H,2,7-8,10H2,(H,22,24)(H,23,25). The Hall–Kier alpha value is -2.64. The molecule has 0 aliphatic carbocycles. The van der Waals surface area contributed by atoms with Gasteiger partial charge >= 0.3 is 6.18 Å². The monoisotopic (exact) mass is 355 g/mol. The van der Waals surface area contributed by atoms with Crippen LogP contribution in [0.3, 0.4) is 0 Å². The molecule has 0 atom stereocenters. The van der Waals surface area contributed by atoms with Gasteiger partial charge in [0.2, 0.25) is 5.91 Å². The van der Waals surface area contributed by atoms with Crippen LogP contribution in [-0.2, 0) is 17.4 Å². The van der Waals surface area contributed by atoms with Gasteiger partial charge in [0.05, 0.1) is 12.0 Å². The Bertz CT molecular complexity index is 702. The Morgan fingerprint density at radius 2 is 1.92 bits per heavy atom. The van der Waals surface area contributed by atoms with Crippen LogP contribution in [0, 0.1) is 5.82 Å². The number of nitrogens with one attached hydrogen (secondary N) is 2. The fourth-order valence-electron chi connectivity index (χ4n) is 2.09. The fraction of sp³-hybridized carbons (Fsp3) is 0.294. The van der Waals surface area contributed by atoms with E-state index in [0.717, 1.165) is 12.3 Å². The number of hydrogen-bond donors (Lipinski definition) is 2. The topological polar surface area (TPSA) is 54.0 Å². The first kappa shape index (κ1) is 18.7. The molecule has 0 fully saturated rings. The van der Waals surface area contributed by atoms with E-state index in [9.17, 15) is 22.4 Å². The second kappa shape index (κ2) is 8.46. The van der Waals surface area contributed by atoms with E-state index in [4.69, 9.17) is 0 Å². The number of amides is 1. The zero-order valence-electron chi connectivity index (χ0n) is 13.2. The van der Waals surface area contributed by atoms with Crippen LogP contribution < -0.4 is 10.6 Å². The summed E-state index contributed by atoms with van der Waals surface area (Å²) in [5.74, 6) is -0.282. The lowest BCUT2D eigenvalue weighted by Crippen LogP contribution is -2.27. The summed E-state index contributed by atoms with van der Waals surface area (Å²) < 4.78 is 50.2. The van der Waals surface area contributed by atoms with Crippen molar-refractivity contribution in [2.45, 2.75) is 19.0 Å². The Labute approximate surface area is 142 Å². The van der Waals surface area contributed by atoms with Crippen molar-refractivity contribution in [1.82, 2.24) is 10.3 Å². The van der Waals surface area contributed by atoms with E-state index < -0.39 is 17.6 Å². The summed E-state index contributed by atoms with van der Waals surface area (Å²) in [5, 5.41) is 5.57. The minimum atomic E-state index is -4.41. The molecule has 1 heterocycles. The average Bonchev–Trinajstić information content (AvgIpc) is 2.54. The highest BCUT2D eigenvalue weighted by Crippen LogP contribution is 2.28. The maximum Gasteiger partial charge on any atom is 0.417 e. The molecule has 0 saturated carbocycles. The van der Waals surface area contributed by atoms with Gasteiger partial charge in [0.25, 0.3) is 0 Å². The van der Waals surface area contributed by atoms with Gasteiger partial charge in [-0.1, -0.05) is 12.1 Å². The molecule has 0 spiro atoms. The van der Waals surface area contributed by atoms with E-state index in [2.05, 4.69) is 15.6 Å². The van der Waals surface area contributed by atoms with Gasteiger partial charge in [-0.15, -0.1) is 0 Å². The SMILES string of the molecule is O=C(Cc1cccc(F)c1)NCCCNc1ccc(C(F)(F)F)cn1. The summed E-state index contributed by atoms with van der Waals surface area (Å²) in [6, 6.07) is 8.03. The molecular formula is C17H17F4N3O. The molecule has 0 bridgehead atoms. The smallest absolute Gasteiger partial charge is 0.370 e. The zero-order chi connectivity index (χ0) is 18.3. The first-order chi connectivity index (χ1) is 11.8. The summed E-state index contributed by atoms with van der Waals surface area (Å²) in [4.78, 5) is 15.4. The van der Waals surface area contributed by atoms with Crippen LogP contribution >= 0.6 is 0 Å². The lowest BCUT2D eigenvalue weighted by atomic mass is 10.1. The molecule has 0 saturated heterocycles. The maximum absolute atomic E-state index is 13.0. The number of anilines is 1. The highest BCUT2D eigenvalue weighted by atomic mass is 19.4. The normalized spacial score (nSPS) is 11.2. The van der Waals surface area contributed by atoms with E-state index in [-0.39, 0.29) is 12.3 Å². The Morgan fingerprint density at radius 1 is 1.12 bits per heavy atom. The quantitative estimate of drug-likeness (QED) is 0.591. The molecule has 4 nitrogen and oxygen atoms in total. The first-order valence-corrected chi connectivity index (χ1v) is 7.63. The van der Waals surface area contributed by atoms with Gasteiger partial charge in [-0.05, 0) is 36.2 Å². The summed E-state index contributed by atoms with van der Waals surface area (Å²) >= 11 is 0.